The number of morpholine rings is 1. The van der Waals surface area contributed by atoms with Crippen LogP contribution in [0.5, 0.6) is 0 Å². The Morgan fingerprint density at radius 1 is 1.42 bits per heavy atom. The third-order valence-electron chi connectivity index (χ3n) is 2.85. The lowest BCUT2D eigenvalue weighted by atomic mass is 10.4. The Morgan fingerprint density at radius 2 is 2.16 bits per heavy atom. The van der Waals surface area contributed by atoms with Crippen LogP contribution in [0.25, 0.3) is 0 Å². The number of anilines is 1. The molecule has 1 aromatic rings. The van der Waals surface area contributed by atoms with Crippen molar-refractivity contribution >= 4 is 16.0 Å². The van der Waals surface area contributed by atoms with Crippen molar-refractivity contribution in [3.63, 3.8) is 0 Å². The topological polar surface area (TPSA) is 84.4 Å². The van der Waals surface area contributed by atoms with Gasteiger partial charge in [-0.05, 0) is 13.0 Å². The zero-order valence-electron chi connectivity index (χ0n) is 10.9. The summed E-state index contributed by atoms with van der Waals surface area (Å²) in [5, 5.41) is 0. The first-order valence-electron chi connectivity index (χ1n) is 6.22. The van der Waals surface area contributed by atoms with Gasteiger partial charge in [0.25, 0.3) is 0 Å². The van der Waals surface area contributed by atoms with E-state index in [4.69, 9.17) is 4.74 Å². The third-order valence-corrected chi connectivity index (χ3v) is 4.19. The number of ether oxygens (including phenoxy) is 1. The zero-order chi connectivity index (χ0) is 13.7. The molecular weight excluding hydrogens is 268 g/mol. The maximum absolute atomic E-state index is 11.4. The highest BCUT2D eigenvalue weighted by Crippen LogP contribution is 2.09. The summed E-state index contributed by atoms with van der Waals surface area (Å²) < 4.78 is 30.5. The lowest BCUT2D eigenvalue weighted by molar-refractivity contribution is 0.122. The standard InChI is InChI=1S/C11H18N4O3S/c1-2-19(16,17)13-9-10-3-4-12-11(14-10)15-5-7-18-8-6-15/h3-4,13H,2,5-9H2,1H3. The van der Waals surface area contributed by atoms with E-state index in [-0.39, 0.29) is 12.3 Å². The Kier molecular flexibility index (Phi) is 4.67. The molecule has 1 aliphatic heterocycles. The van der Waals surface area contributed by atoms with E-state index in [1.807, 2.05) is 4.90 Å². The normalized spacial score (nSPS) is 16.6. The molecule has 1 N–H and O–H groups in total. The molecule has 8 heteroatoms. The van der Waals surface area contributed by atoms with Crippen molar-refractivity contribution in [1.29, 1.82) is 0 Å². The molecule has 0 aliphatic carbocycles. The summed E-state index contributed by atoms with van der Waals surface area (Å²) in [5.74, 6) is 0.686. The molecule has 0 saturated carbocycles. The quantitative estimate of drug-likeness (QED) is 0.803. The van der Waals surface area contributed by atoms with Gasteiger partial charge in [-0.3, -0.25) is 0 Å². The first-order chi connectivity index (χ1) is 9.11. The molecule has 0 unspecified atom stereocenters. The maximum Gasteiger partial charge on any atom is 0.225 e. The van der Waals surface area contributed by atoms with Crippen LogP contribution >= 0.6 is 0 Å². The van der Waals surface area contributed by atoms with E-state index < -0.39 is 10.0 Å². The van der Waals surface area contributed by atoms with E-state index in [1.54, 1.807) is 19.2 Å². The number of hydrogen-bond acceptors (Lipinski definition) is 6. The van der Waals surface area contributed by atoms with Crippen LogP contribution in [-0.2, 0) is 21.3 Å². The minimum atomic E-state index is -3.20. The monoisotopic (exact) mass is 286 g/mol. The largest absolute Gasteiger partial charge is 0.378 e. The van der Waals surface area contributed by atoms with Crippen LogP contribution in [0.3, 0.4) is 0 Å². The van der Waals surface area contributed by atoms with Gasteiger partial charge < -0.3 is 9.64 Å². The molecule has 0 amide bonds. The molecule has 2 heterocycles. The molecule has 0 aromatic carbocycles. The van der Waals surface area contributed by atoms with Gasteiger partial charge in [0.2, 0.25) is 16.0 Å². The fraction of sp³-hybridized carbons (Fsp3) is 0.636. The second-order valence-electron chi connectivity index (χ2n) is 4.17. The fourth-order valence-electron chi connectivity index (χ4n) is 1.68. The predicted octanol–water partition coefficient (Wildman–Crippen LogP) is -0.247. The number of nitrogens with one attached hydrogen (secondary N) is 1. The molecule has 2 rings (SSSR count). The Balaban J connectivity index is 2.02. The number of hydrogen-bond donors (Lipinski definition) is 1. The first kappa shape index (κ1) is 14.2. The average molecular weight is 286 g/mol. The number of rotatable bonds is 5. The zero-order valence-corrected chi connectivity index (χ0v) is 11.7. The van der Waals surface area contributed by atoms with Crippen LogP contribution in [0.4, 0.5) is 5.95 Å². The summed E-state index contributed by atoms with van der Waals surface area (Å²) in [4.78, 5) is 10.6. The molecule has 1 aromatic heterocycles. The Hall–Kier alpha value is -1.25. The van der Waals surface area contributed by atoms with Gasteiger partial charge in [0.1, 0.15) is 0 Å². The van der Waals surface area contributed by atoms with Crippen LogP contribution in [-0.4, -0.2) is 50.4 Å². The lowest BCUT2D eigenvalue weighted by Crippen LogP contribution is -2.37. The summed E-state index contributed by atoms with van der Waals surface area (Å²) in [6.45, 7) is 4.62. The Labute approximate surface area is 113 Å². The summed E-state index contributed by atoms with van der Waals surface area (Å²) in [6, 6.07) is 1.71. The van der Waals surface area contributed by atoms with Crippen LogP contribution in [0.2, 0.25) is 0 Å². The van der Waals surface area contributed by atoms with E-state index in [2.05, 4.69) is 14.7 Å². The van der Waals surface area contributed by atoms with Crippen LogP contribution in [0.1, 0.15) is 12.6 Å². The molecule has 0 radical (unpaired) electrons. The van der Waals surface area contributed by atoms with Crippen LogP contribution in [0, 0.1) is 0 Å². The third kappa shape index (κ3) is 4.12. The molecule has 1 saturated heterocycles. The van der Waals surface area contributed by atoms with E-state index in [1.165, 1.54) is 0 Å². The molecule has 0 bridgehead atoms. The van der Waals surface area contributed by atoms with Gasteiger partial charge in [-0.25, -0.2) is 23.1 Å². The first-order valence-corrected chi connectivity index (χ1v) is 7.88. The molecule has 7 nitrogen and oxygen atoms in total. The van der Waals surface area contributed by atoms with Gasteiger partial charge in [-0.2, -0.15) is 0 Å². The van der Waals surface area contributed by atoms with E-state index in [0.29, 0.717) is 24.9 Å². The van der Waals surface area contributed by atoms with Crippen LogP contribution < -0.4 is 9.62 Å². The van der Waals surface area contributed by atoms with Crippen molar-refractivity contribution in [2.24, 2.45) is 0 Å². The minimum Gasteiger partial charge on any atom is -0.378 e. The second-order valence-corrected chi connectivity index (χ2v) is 6.27. The molecule has 1 fully saturated rings. The van der Waals surface area contributed by atoms with Crippen LogP contribution in [0.15, 0.2) is 12.3 Å². The number of aromatic nitrogens is 2. The minimum absolute atomic E-state index is 0.0639. The Morgan fingerprint density at radius 3 is 2.84 bits per heavy atom. The second kappa shape index (κ2) is 6.27. The molecule has 0 spiro atoms. The van der Waals surface area contributed by atoms with Gasteiger partial charge in [-0.15, -0.1) is 0 Å². The fourth-order valence-corrected chi connectivity index (χ4v) is 2.26. The molecule has 1 aliphatic rings. The number of nitrogens with zero attached hydrogens (tertiary/aromatic N) is 3. The van der Waals surface area contributed by atoms with Gasteiger partial charge in [0.15, 0.2) is 0 Å². The Bertz CT molecular complexity index is 514. The summed E-state index contributed by atoms with van der Waals surface area (Å²) >= 11 is 0. The highest BCUT2D eigenvalue weighted by molar-refractivity contribution is 7.89. The summed E-state index contributed by atoms with van der Waals surface area (Å²) in [5.41, 5.74) is 0.661. The predicted molar refractivity (Wildman–Crippen MR) is 71.4 cm³/mol. The van der Waals surface area contributed by atoms with Crippen molar-refractivity contribution in [1.82, 2.24) is 14.7 Å². The average Bonchev–Trinajstić information content (AvgIpc) is 2.47. The highest BCUT2D eigenvalue weighted by Gasteiger charge is 2.14. The van der Waals surface area contributed by atoms with Crippen molar-refractivity contribution in [2.45, 2.75) is 13.5 Å². The molecular formula is C11H18N4O3S. The van der Waals surface area contributed by atoms with Gasteiger partial charge in [0, 0.05) is 19.3 Å². The lowest BCUT2D eigenvalue weighted by Gasteiger charge is -2.26. The molecule has 0 atom stereocenters. The highest BCUT2D eigenvalue weighted by atomic mass is 32.2. The van der Waals surface area contributed by atoms with Gasteiger partial charge in [0.05, 0.1) is 31.2 Å². The van der Waals surface area contributed by atoms with Crippen molar-refractivity contribution < 1.29 is 13.2 Å². The SMILES string of the molecule is CCS(=O)(=O)NCc1ccnc(N2CCOCC2)n1. The summed E-state index contributed by atoms with van der Waals surface area (Å²) in [6.07, 6.45) is 1.65. The van der Waals surface area contributed by atoms with Crippen molar-refractivity contribution in [3.05, 3.63) is 18.0 Å². The van der Waals surface area contributed by atoms with Crippen molar-refractivity contribution in [2.75, 3.05) is 37.0 Å². The smallest absolute Gasteiger partial charge is 0.225 e. The maximum atomic E-state index is 11.4. The van der Waals surface area contributed by atoms with Gasteiger partial charge >= 0.3 is 0 Å². The van der Waals surface area contributed by atoms with Gasteiger partial charge in [-0.1, -0.05) is 0 Å². The summed E-state index contributed by atoms with van der Waals surface area (Å²) in [7, 11) is -3.20. The van der Waals surface area contributed by atoms with E-state index in [0.717, 1.165) is 13.1 Å². The number of sulfonamides is 1. The van der Waals surface area contributed by atoms with E-state index in [9.17, 15) is 8.42 Å². The molecule has 19 heavy (non-hydrogen) atoms. The van der Waals surface area contributed by atoms with E-state index >= 15 is 0 Å². The van der Waals surface area contributed by atoms with Crippen molar-refractivity contribution in [3.8, 4) is 0 Å². The molecule has 106 valence electrons.